The number of nitrogens with zero attached hydrogens (tertiary/aromatic N) is 4. The Morgan fingerprint density at radius 1 is 1.00 bits per heavy atom. The van der Waals surface area contributed by atoms with Crippen LogP contribution in [0.5, 0.6) is 0 Å². The number of amides is 1. The van der Waals surface area contributed by atoms with E-state index >= 15 is 0 Å². The van der Waals surface area contributed by atoms with E-state index in [4.69, 9.17) is 4.74 Å². The lowest BCUT2D eigenvalue weighted by Gasteiger charge is -2.47. The van der Waals surface area contributed by atoms with Crippen molar-refractivity contribution in [3.8, 4) is 11.8 Å². The van der Waals surface area contributed by atoms with Gasteiger partial charge in [-0.05, 0) is 95.9 Å². The molecule has 0 saturated carbocycles. The standard InChI is InChI=1S/C28H42N4O2/c1-27(2,3)34-26(33)32-21-13-28(14-22-32)11-19-31(20-12-28)25-10-15-29-24(23-25)9-8-18-30-16-6-4-5-7-17-30/h10,15,23H,4-7,11-14,16-22H2,1-3H3. The highest BCUT2D eigenvalue weighted by atomic mass is 16.6. The molecule has 0 aromatic carbocycles. The lowest BCUT2D eigenvalue weighted by atomic mass is 9.71. The molecule has 0 bridgehead atoms. The molecular formula is C28H42N4O2. The second kappa shape index (κ2) is 11.0. The first-order valence-electron chi connectivity index (χ1n) is 13.2. The van der Waals surface area contributed by atoms with Crippen LogP contribution < -0.4 is 4.90 Å². The average molecular weight is 467 g/mol. The highest BCUT2D eigenvalue weighted by Gasteiger charge is 2.39. The van der Waals surface area contributed by atoms with Crippen LogP contribution in [0.25, 0.3) is 0 Å². The van der Waals surface area contributed by atoms with Crippen LogP contribution in [0, 0.1) is 17.3 Å². The Morgan fingerprint density at radius 2 is 1.65 bits per heavy atom. The molecule has 1 spiro atoms. The Kier molecular flexibility index (Phi) is 8.03. The van der Waals surface area contributed by atoms with Crippen LogP contribution in [-0.2, 0) is 4.74 Å². The second-order valence-corrected chi connectivity index (χ2v) is 11.3. The molecule has 0 aliphatic carbocycles. The highest BCUT2D eigenvalue weighted by Crippen LogP contribution is 2.42. The van der Waals surface area contributed by atoms with Crippen molar-refractivity contribution in [3.63, 3.8) is 0 Å². The normalized spacial score (nSPS) is 21.5. The van der Waals surface area contributed by atoms with Gasteiger partial charge in [0.05, 0.1) is 6.54 Å². The number of ether oxygens (including phenoxy) is 1. The predicted octanol–water partition coefficient (Wildman–Crippen LogP) is 4.93. The van der Waals surface area contributed by atoms with Crippen LogP contribution in [0.2, 0.25) is 0 Å². The molecule has 1 amide bonds. The van der Waals surface area contributed by atoms with Gasteiger partial charge in [-0.2, -0.15) is 0 Å². The molecule has 34 heavy (non-hydrogen) atoms. The molecule has 4 heterocycles. The number of piperidine rings is 2. The third-order valence-corrected chi connectivity index (χ3v) is 7.63. The maximum Gasteiger partial charge on any atom is 0.410 e. The summed E-state index contributed by atoms with van der Waals surface area (Å²) >= 11 is 0. The number of carbonyl (C=O) groups excluding carboxylic acids is 1. The summed E-state index contributed by atoms with van der Waals surface area (Å²) in [5.41, 5.74) is 2.03. The highest BCUT2D eigenvalue weighted by molar-refractivity contribution is 5.68. The quantitative estimate of drug-likeness (QED) is 0.579. The molecule has 3 fully saturated rings. The zero-order valence-corrected chi connectivity index (χ0v) is 21.4. The fourth-order valence-corrected chi connectivity index (χ4v) is 5.45. The summed E-state index contributed by atoms with van der Waals surface area (Å²) < 4.78 is 5.57. The maximum absolute atomic E-state index is 12.4. The molecule has 4 rings (SSSR count). The van der Waals surface area contributed by atoms with Crippen molar-refractivity contribution < 1.29 is 9.53 Å². The van der Waals surface area contributed by atoms with Gasteiger partial charge >= 0.3 is 6.09 Å². The molecule has 3 aliphatic rings. The van der Waals surface area contributed by atoms with Crippen molar-refractivity contribution >= 4 is 11.8 Å². The first kappa shape index (κ1) is 24.9. The van der Waals surface area contributed by atoms with Crippen molar-refractivity contribution in [2.75, 3.05) is 50.7 Å². The summed E-state index contributed by atoms with van der Waals surface area (Å²) in [4.78, 5) is 23.8. The van der Waals surface area contributed by atoms with Gasteiger partial charge in [0.2, 0.25) is 0 Å². The SMILES string of the molecule is CC(C)(C)OC(=O)N1CCC2(CC1)CCN(c1ccnc(C#CCN3CCCCCC3)c1)CC2. The van der Waals surface area contributed by atoms with Gasteiger partial charge in [0.1, 0.15) is 11.3 Å². The van der Waals surface area contributed by atoms with Crippen molar-refractivity contribution in [1.29, 1.82) is 0 Å². The number of anilines is 1. The topological polar surface area (TPSA) is 48.9 Å². The molecule has 186 valence electrons. The van der Waals surface area contributed by atoms with E-state index in [1.54, 1.807) is 0 Å². The van der Waals surface area contributed by atoms with Crippen LogP contribution in [0.15, 0.2) is 18.3 Å². The van der Waals surface area contributed by atoms with Gasteiger partial charge in [0.15, 0.2) is 0 Å². The van der Waals surface area contributed by atoms with Gasteiger partial charge in [0.25, 0.3) is 0 Å². The number of hydrogen-bond donors (Lipinski definition) is 0. The molecular weight excluding hydrogens is 424 g/mol. The maximum atomic E-state index is 12.4. The van der Waals surface area contributed by atoms with Crippen LogP contribution in [0.4, 0.5) is 10.5 Å². The van der Waals surface area contributed by atoms with E-state index in [1.807, 2.05) is 31.9 Å². The Hall–Kier alpha value is -2.26. The van der Waals surface area contributed by atoms with Gasteiger partial charge in [-0.1, -0.05) is 18.8 Å². The average Bonchev–Trinajstić information content (AvgIpc) is 3.08. The molecule has 3 saturated heterocycles. The number of rotatable bonds is 2. The predicted molar refractivity (Wildman–Crippen MR) is 137 cm³/mol. The van der Waals surface area contributed by atoms with Gasteiger partial charge < -0.3 is 14.5 Å². The molecule has 1 aromatic rings. The van der Waals surface area contributed by atoms with Crippen LogP contribution in [0.1, 0.15) is 77.8 Å². The van der Waals surface area contributed by atoms with E-state index < -0.39 is 5.60 Å². The van der Waals surface area contributed by atoms with Gasteiger partial charge in [-0.25, -0.2) is 9.78 Å². The van der Waals surface area contributed by atoms with E-state index in [0.717, 1.165) is 51.3 Å². The third kappa shape index (κ3) is 6.88. The summed E-state index contributed by atoms with van der Waals surface area (Å²) in [6.45, 7) is 12.7. The minimum Gasteiger partial charge on any atom is -0.444 e. The van der Waals surface area contributed by atoms with Gasteiger partial charge in [-0.15, -0.1) is 0 Å². The van der Waals surface area contributed by atoms with Crippen LogP contribution in [-0.4, -0.2) is 72.3 Å². The molecule has 0 N–H and O–H groups in total. The minimum absolute atomic E-state index is 0.166. The Morgan fingerprint density at radius 3 is 2.29 bits per heavy atom. The summed E-state index contributed by atoms with van der Waals surface area (Å²) in [5.74, 6) is 6.66. The smallest absolute Gasteiger partial charge is 0.410 e. The number of pyridine rings is 1. The third-order valence-electron chi connectivity index (χ3n) is 7.63. The molecule has 0 atom stereocenters. The molecule has 0 radical (unpaired) electrons. The number of hydrogen-bond acceptors (Lipinski definition) is 5. The zero-order chi connectivity index (χ0) is 24.0. The van der Waals surface area contributed by atoms with E-state index in [9.17, 15) is 4.79 Å². The summed E-state index contributed by atoms with van der Waals surface area (Å²) in [7, 11) is 0. The fraction of sp³-hybridized carbons (Fsp3) is 0.714. The number of aromatic nitrogens is 1. The molecule has 6 heteroatoms. The Labute approximate surface area is 206 Å². The monoisotopic (exact) mass is 466 g/mol. The number of carbonyl (C=O) groups is 1. The molecule has 1 aromatic heterocycles. The fourth-order valence-electron chi connectivity index (χ4n) is 5.45. The Balaban J connectivity index is 1.27. The number of likely N-dealkylation sites (tertiary alicyclic amines) is 2. The van der Waals surface area contributed by atoms with Crippen LogP contribution >= 0.6 is 0 Å². The first-order chi connectivity index (χ1) is 16.3. The van der Waals surface area contributed by atoms with Gasteiger partial charge in [-0.3, -0.25) is 4.90 Å². The van der Waals surface area contributed by atoms with Gasteiger partial charge in [0, 0.05) is 38.1 Å². The first-order valence-corrected chi connectivity index (χ1v) is 13.2. The van der Waals surface area contributed by atoms with E-state index in [2.05, 4.69) is 38.8 Å². The van der Waals surface area contributed by atoms with Crippen molar-refractivity contribution in [1.82, 2.24) is 14.8 Å². The lowest BCUT2D eigenvalue weighted by Crippen LogP contribution is -2.49. The summed E-state index contributed by atoms with van der Waals surface area (Å²) in [6.07, 6.45) is 11.5. The lowest BCUT2D eigenvalue weighted by molar-refractivity contribution is 0.00666. The van der Waals surface area contributed by atoms with Crippen molar-refractivity contribution in [2.24, 2.45) is 5.41 Å². The van der Waals surface area contributed by atoms with Crippen molar-refractivity contribution in [3.05, 3.63) is 24.0 Å². The minimum atomic E-state index is -0.432. The van der Waals surface area contributed by atoms with Crippen molar-refractivity contribution in [2.45, 2.75) is 77.7 Å². The zero-order valence-electron chi connectivity index (χ0n) is 21.4. The molecule has 0 unspecified atom stereocenters. The Bertz CT molecular complexity index is 872. The summed E-state index contributed by atoms with van der Waals surface area (Å²) in [5, 5.41) is 0. The largest absolute Gasteiger partial charge is 0.444 e. The summed E-state index contributed by atoms with van der Waals surface area (Å²) in [6, 6.07) is 4.27. The second-order valence-electron chi connectivity index (χ2n) is 11.3. The van der Waals surface area contributed by atoms with E-state index in [1.165, 1.54) is 57.3 Å². The van der Waals surface area contributed by atoms with E-state index in [-0.39, 0.29) is 6.09 Å². The van der Waals surface area contributed by atoms with E-state index in [0.29, 0.717) is 5.41 Å². The molecule has 3 aliphatic heterocycles. The molecule has 6 nitrogen and oxygen atoms in total. The van der Waals surface area contributed by atoms with Crippen LogP contribution in [0.3, 0.4) is 0 Å².